The molecule has 2 aromatic heterocycles. The number of ether oxygens (including phenoxy) is 2. The number of pyridine rings is 2. The number of anilines is 2. The Hall–Kier alpha value is -3.28. The molecule has 2 bridgehead atoms. The highest BCUT2D eigenvalue weighted by atomic mass is 16.5. The molecule has 2 aliphatic carbocycles. The van der Waals surface area contributed by atoms with Crippen molar-refractivity contribution in [1.29, 1.82) is 0 Å². The summed E-state index contributed by atoms with van der Waals surface area (Å²) in [6.45, 7) is 0. The molecule has 1 saturated carbocycles. The van der Waals surface area contributed by atoms with Crippen molar-refractivity contribution in [3.63, 3.8) is 0 Å². The van der Waals surface area contributed by atoms with Gasteiger partial charge >= 0.3 is 0 Å². The smallest absolute Gasteiger partial charge is 0.219 e. The van der Waals surface area contributed by atoms with Crippen LogP contribution in [0, 0.1) is 0 Å². The van der Waals surface area contributed by atoms with E-state index >= 15 is 0 Å². The zero-order valence-corrected chi connectivity index (χ0v) is 14.7. The lowest BCUT2D eigenvalue weighted by Crippen LogP contribution is -2.20. The van der Waals surface area contributed by atoms with Crippen molar-refractivity contribution in [2.75, 3.05) is 11.5 Å². The third-order valence-electron chi connectivity index (χ3n) is 5.44. The number of hydrogen-bond donors (Lipinski definition) is 2. The predicted molar refractivity (Wildman–Crippen MR) is 103 cm³/mol. The van der Waals surface area contributed by atoms with Crippen molar-refractivity contribution in [2.24, 2.45) is 0 Å². The average Bonchev–Trinajstić information content (AvgIpc) is 3.21. The normalized spacial score (nSPS) is 22.4. The molecule has 2 heterocycles. The lowest BCUT2D eigenvalue weighted by Gasteiger charge is -2.17. The van der Waals surface area contributed by atoms with E-state index in [1.807, 2.05) is 18.2 Å². The van der Waals surface area contributed by atoms with Crippen molar-refractivity contribution in [3.05, 3.63) is 66.0 Å². The monoisotopic (exact) mass is 360 g/mol. The maximum Gasteiger partial charge on any atom is 0.219 e. The highest BCUT2D eigenvalue weighted by molar-refractivity contribution is 5.49. The summed E-state index contributed by atoms with van der Waals surface area (Å²) in [6.07, 6.45) is 5.58. The first-order chi connectivity index (χ1) is 13.2. The fourth-order valence-corrected chi connectivity index (χ4v) is 4.25. The van der Waals surface area contributed by atoms with Gasteiger partial charge in [0.25, 0.3) is 0 Å². The number of nitrogens with zero attached hydrogens (tertiary/aromatic N) is 2. The Morgan fingerprint density at radius 1 is 0.778 bits per heavy atom. The van der Waals surface area contributed by atoms with Gasteiger partial charge in [-0.2, -0.15) is 0 Å². The molecule has 0 spiro atoms. The average molecular weight is 360 g/mol. The molecule has 4 N–H and O–H groups in total. The second-order valence-electron chi connectivity index (χ2n) is 7.13. The van der Waals surface area contributed by atoms with Crippen LogP contribution in [0.4, 0.5) is 11.4 Å². The standard InChI is InChI=1S/C21H20N4O2/c22-12-1-7-19(24-10-12)26-14-3-4-15-16-5-6-17(18(15)9-14)21(16)27-20-8-2-13(23)11-25-20/h1-4,7-11,16-17,21H,5-6,22-23H2. The number of fused-ring (bicyclic) bond motifs is 5. The van der Waals surface area contributed by atoms with Gasteiger partial charge in [-0.1, -0.05) is 6.07 Å². The Morgan fingerprint density at radius 2 is 1.44 bits per heavy atom. The van der Waals surface area contributed by atoms with Crippen molar-refractivity contribution < 1.29 is 9.47 Å². The second-order valence-corrected chi connectivity index (χ2v) is 7.13. The van der Waals surface area contributed by atoms with Gasteiger partial charge in [0.15, 0.2) is 0 Å². The first-order valence-corrected chi connectivity index (χ1v) is 9.09. The van der Waals surface area contributed by atoms with Crippen LogP contribution in [0.5, 0.6) is 17.5 Å². The van der Waals surface area contributed by atoms with E-state index in [1.54, 1.807) is 24.5 Å². The lowest BCUT2D eigenvalue weighted by atomic mass is 9.92. The van der Waals surface area contributed by atoms with Crippen molar-refractivity contribution in [1.82, 2.24) is 9.97 Å². The van der Waals surface area contributed by atoms with Gasteiger partial charge < -0.3 is 20.9 Å². The van der Waals surface area contributed by atoms with Crippen molar-refractivity contribution in [3.8, 4) is 17.5 Å². The predicted octanol–water partition coefficient (Wildman–Crippen LogP) is 3.86. The molecular weight excluding hydrogens is 340 g/mol. The molecule has 2 aliphatic rings. The van der Waals surface area contributed by atoms with E-state index in [0.717, 1.165) is 18.6 Å². The summed E-state index contributed by atoms with van der Waals surface area (Å²) in [5, 5.41) is 0. The summed E-state index contributed by atoms with van der Waals surface area (Å²) < 4.78 is 12.1. The molecule has 0 radical (unpaired) electrons. The van der Waals surface area contributed by atoms with E-state index in [1.165, 1.54) is 11.1 Å². The molecular formula is C21H20N4O2. The Morgan fingerprint density at radius 3 is 2.11 bits per heavy atom. The van der Waals surface area contributed by atoms with Crippen LogP contribution in [0.1, 0.15) is 35.8 Å². The largest absolute Gasteiger partial charge is 0.473 e. The number of aromatic nitrogens is 2. The Balaban J connectivity index is 1.38. The van der Waals surface area contributed by atoms with Crippen LogP contribution < -0.4 is 20.9 Å². The minimum absolute atomic E-state index is 0.112. The van der Waals surface area contributed by atoms with Gasteiger partial charge in [-0.3, -0.25) is 0 Å². The Labute approximate surface area is 157 Å². The minimum atomic E-state index is 0.112. The van der Waals surface area contributed by atoms with Gasteiger partial charge in [0.1, 0.15) is 11.9 Å². The summed E-state index contributed by atoms with van der Waals surface area (Å²) in [7, 11) is 0. The van der Waals surface area contributed by atoms with E-state index in [4.69, 9.17) is 20.9 Å². The number of hydrogen-bond acceptors (Lipinski definition) is 6. The fraction of sp³-hybridized carbons (Fsp3) is 0.238. The number of benzene rings is 1. The zero-order chi connectivity index (χ0) is 18.4. The van der Waals surface area contributed by atoms with Gasteiger partial charge in [-0.15, -0.1) is 0 Å². The zero-order valence-electron chi connectivity index (χ0n) is 14.7. The van der Waals surface area contributed by atoms with Gasteiger partial charge in [0.2, 0.25) is 11.8 Å². The van der Waals surface area contributed by atoms with Crippen LogP contribution >= 0.6 is 0 Å². The van der Waals surface area contributed by atoms with E-state index in [-0.39, 0.29) is 6.10 Å². The molecule has 6 nitrogen and oxygen atoms in total. The molecule has 6 heteroatoms. The maximum atomic E-state index is 6.24. The summed E-state index contributed by atoms with van der Waals surface area (Å²) >= 11 is 0. The molecule has 0 aliphatic heterocycles. The molecule has 136 valence electrons. The van der Waals surface area contributed by atoms with E-state index in [2.05, 4.69) is 22.1 Å². The summed E-state index contributed by atoms with van der Waals surface area (Å²) in [5.74, 6) is 2.69. The fourth-order valence-electron chi connectivity index (χ4n) is 4.25. The topological polar surface area (TPSA) is 96.3 Å². The van der Waals surface area contributed by atoms with E-state index in [9.17, 15) is 0 Å². The van der Waals surface area contributed by atoms with Crippen LogP contribution in [-0.4, -0.2) is 16.1 Å². The van der Waals surface area contributed by atoms with Gasteiger partial charge in [-0.05, 0) is 48.2 Å². The first kappa shape index (κ1) is 15.9. The molecule has 3 aromatic rings. The third kappa shape index (κ3) is 2.83. The Bertz CT molecular complexity index is 972. The van der Waals surface area contributed by atoms with Crippen LogP contribution in [0.2, 0.25) is 0 Å². The van der Waals surface area contributed by atoms with Crippen molar-refractivity contribution >= 4 is 11.4 Å². The number of nitrogen functional groups attached to an aromatic ring is 2. The number of nitrogens with two attached hydrogens (primary N) is 2. The molecule has 0 saturated heterocycles. The molecule has 3 unspecified atom stereocenters. The molecule has 5 rings (SSSR count). The van der Waals surface area contributed by atoms with Gasteiger partial charge in [-0.25, -0.2) is 9.97 Å². The molecule has 0 amide bonds. The highest BCUT2D eigenvalue weighted by Crippen LogP contribution is 2.55. The SMILES string of the molecule is Nc1ccc(Oc2ccc3c(c2)C2CCC3C2Oc2ccc(N)cn2)nc1. The quantitative estimate of drug-likeness (QED) is 0.733. The summed E-state index contributed by atoms with van der Waals surface area (Å²) in [5.41, 5.74) is 15.3. The van der Waals surface area contributed by atoms with Crippen LogP contribution in [-0.2, 0) is 0 Å². The van der Waals surface area contributed by atoms with Crippen molar-refractivity contribution in [2.45, 2.75) is 30.8 Å². The minimum Gasteiger partial charge on any atom is -0.473 e. The second kappa shape index (κ2) is 6.16. The Kier molecular flexibility index (Phi) is 3.63. The van der Waals surface area contributed by atoms with E-state index in [0.29, 0.717) is 35.0 Å². The third-order valence-corrected chi connectivity index (χ3v) is 5.44. The molecule has 27 heavy (non-hydrogen) atoms. The van der Waals surface area contributed by atoms with Gasteiger partial charge in [0, 0.05) is 24.0 Å². The van der Waals surface area contributed by atoms with Crippen LogP contribution in [0.15, 0.2) is 54.9 Å². The van der Waals surface area contributed by atoms with E-state index < -0.39 is 0 Å². The lowest BCUT2D eigenvalue weighted by molar-refractivity contribution is 0.178. The van der Waals surface area contributed by atoms with Crippen LogP contribution in [0.25, 0.3) is 0 Å². The maximum absolute atomic E-state index is 6.24. The summed E-state index contributed by atoms with van der Waals surface area (Å²) in [4.78, 5) is 8.49. The molecule has 1 fully saturated rings. The molecule has 3 atom stereocenters. The van der Waals surface area contributed by atoms with Gasteiger partial charge in [0.05, 0.1) is 23.8 Å². The highest BCUT2D eigenvalue weighted by Gasteiger charge is 2.47. The first-order valence-electron chi connectivity index (χ1n) is 9.09. The summed E-state index contributed by atoms with van der Waals surface area (Å²) in [6, 6.07) is 13.5. The number of rotatable bonds is 4. The molecule has 1 aromatic carbocycles. The van der Waals surface area contributed by atoms with Crippen LogP contribution in [0.3, 0.4) is 0 Å².